The first-order valence-electron chi connectivity index (χ1n) is 8.68. The van der Waals surface area contributed by atoms with Gasteiger partial charge in [-0.1, -0.05) is 41.7 Å². The molecule has 0 aliphatic rings. The standard InChI is InChI=1S/C20H21F2N3OS.ClH/c1-24(2)10-11-25(18(26)9-8-14-6-4-3-5-7-14)20-23-19-16(22)12-15(21)13-17(19)27-20;/h3-7,12-13H,8-11H2,1-2H3;1H. The third kappa shape index (κ3) is 5.47. The number of amides is 1. The van der Waals surface area contributed by atoms with Gasteiger partial charge in [0.2, 0.25) is 5.91 Å². The molecule has 0 atom stereocenters. The molecule has 0 unspecified atom stereocenters. The second-order valence-corrected chi connectivity index (χ2v) is 7.57. The molecule has 0 N–H and O–H groups in total. The number of aromatic nitrogens is 1. The average molecular weight is 426 g/mol. The monoisotopic (exact) mass is 425 g/mol. The molecule has 0 fully saturated rings. The van der Waals surface area contributed by atoms with Crippen LogP contribution in [0.15, 0.2) is 42.5 Å². The minimum absolute atomic E-state index is 0. The summed E-state index contributed by atoms with van der Waals surface area (Å²) >= 11 is 1.13. The number of carbonyl (C=O) groups excluding carboxylic acids is 1. The first-order valence-corrected chi connectivity index (χ1v) is 9.50. The van der Waals surface area contributed by atoms with Crippen molar-refractivity contribution in [1.29, 1.82) is 0 Å². The molecule has 2 aromatic carbocycles. The molecule has 8 heteroatoms. The van der Waals surface area contributed by atoms with E-state index in [1.807, 2.05) is 49.3 Å². The molecule has 0 spiro atoms. The zero-order chi connectivity index (χ0) is 19.4. The van der Waals surface area contributed by atoms with Crippen molar-refractivity contribution in [1.82, 2.24) is 9.88 Å². The summed E-state index contributed by atoms with van der Waals surface area (Å²) in [5, 5.41) is 0.398. The number of halogens is 3. The fourth-order valence-corrected chi connectivity index (χ4v) is 3.77. The number of aryl methyl sites for hydroxylation is 1. The first kappa shape index (κ1) is 22.2. The van der Waals surface area contributed by atoms with Crippen molar-refractivity contribution >= 4 is 45.0 Å². The zero-order valence-electron chi connectivity index (χ0n) is 15.7. The number of fused-ring (bicyclic) bond motifs is 1. The third-order valence-electron chi connectivity index (χ3n) is 4.18. The van der Waals surface area contributed by atoms with E-state index >= 15 is 0 Å². The van der Waals surface area contributed by atoms with Crippen LogP contribution in [0.4, 0.5) is 13.9 Å². The van der Waals surface area contributed by atoms with E-state index in [0.29, 0.717) is 35.8 Å². The molecule has 0 aliphatic heterocycles. The van der Waals surface area contributed by atoms with Gasteiger partial charge in [-0.15, -0.1) is 12.4 Å². The minimum atomic E-state index is -0.711. The Hall–Kier alpha value is -2.09. The normalized spacial score (nSPS) is 10.9. The number of carbonyl (C=O) groups is 1. The molecule has 1 amide bonds. The zero-order valence-corrected chi connectivity index (χ0v) is 17.3. The lowest BCUT2D eigenvalue weighted by Crippen LogP contribution is -2.36. The van der Waals surface area contributed by atoms with E-state index < -0.39 is 11.6 Å². The quantitative estimate of drug-likeness (QED) is 0.558. The number of thiazole rings is 1. The van der Waals surface area contributed by atoms with Crippen LogP contribution in [0.2, 0.25) is 0 Å². The van der Waals surface area contributed by atoms with Crippen LogP contribution < -0.4 is 4.90 Å². The Morgan fingerprint density at radius 3 is 2.50 bits per heavy atom. The van der Waals surface area contributed by atoms with E-state index in [-0.39, 0.29) is 23.8 Å². The molecule has 0 radical (unpaired) electrons. The molecular formula is C20H22ClF2N3OS. The van der Waals surface area contributed by atoms with Crippen molar-refractivity contribution in [2.45, 2.75) is 12.8 Å². The minimum Gasteiger partial charge on any atom is -0.308 e. The maximum atomic E-state index is 14.0. The fraction of sp³-hybridized carbons (Fsp3) is 0.300. The smallest absolute Gasteiger partial charge is 0.229 e. The van der Waals surface area contributed by atoms with Crippen molar-refractivity contribution in [3.8, 4) is 0 Å². The van der Waals surface area contributed by atoms with E-state index in [0.717, 1.165) is 23.0 Å². The van der Waals surface area contributed by atoms with E-state index in [2.05, 4.69) is 4.98 Å². The molecule has 0 bridgehead atoms. The number of benzene rings is 2. The largest absolute Gasteiger partial charge is 0.308 e. The highest BCUT2D eigenvalue weighted by molar-refractivity contribution is 7.22. The van der Waals surface area contributed by atoms with Crippen LogP contribution in [0.25, 0.3) is 10.2 Å². The van der Waals surface area contributed by atoms with Gasteiger partial charge in [0.25, 0.3) is 0 Å². The summed E-state index contributed by atoms with van der Waals surface area (Å²) in [6.45, 7) is 1.08. The van der Waals surface area contributed by atoms with Crippen molar-refractivity contribution in [3.63, 3.8) is 0 Å². The van der Waals surface area contributed by atoms with Gasteiger partial charge in [0.05, 0.1) is 4.70 Å². The Bertz CT molecular complexity index is 934. The van der Waals surface area contributed by atoms with Crippen LogP contribution in [0.1, 0.15) is 12.0 Å². The molecule has 0 saturated heterocycles. The molecule has 1 heterocycles. The summed E-state index contributed by atoms with van der Waals surface area (Å²) in [6.07, 6.45) is 0.941. The molecule has 150 valence electrons. The maximum Gasteiger partial charge on any atom is 0.229 e. The van der Waals surface area contributed by atoms with Gasteiger partial charge in [-0.25, -0.2) is 13.8 Å². The van der Waals surface area contributed by atoms with Crippen molar-refractivity contribution in [3.05, 3.63) is 59.7 Å². The number of nitrogens with zero attached hydrogens (tertiary/aromatic N) is 3. The van der Waals surface area contributed by atoms with Gasteiger partial charge >= 0.3 is 0 Å². The van der Waals surface area contributed by atoms with Gasteiger partial charge in [-0.05, 0) is 32.1 Å². The van der Waals surface area contributed by atoms with Crippen LogP contribution >= 0.6 is 23.7 Å². The van der Waals surface area contributed by atoms with Gasteiger partial charge in [0.1, 0.15) is 11.3 Å². The maximum absolute atomic E-state index is 14.0. The molecule has 4 nitrogen and oxygen atoms in total. The SMILES string of the molecule is CN(C)CCN(C(=O)CCc1ccccc1)c1nc2c(F)cc(F)cc2s1.Cl. The lowest BCUT2D eigenvalue weighted by molar-refractivity contribution is -0.118. The molecular weight excluding hydrogens is 404 g/mol. The lowest BCUT2D eigenvalue weighted by atomic mass is 10.1. The summed E-state index contributed by atoms with van der Waals surface area (Å²) in [4.78, 5) is 20.7. The summed E-state index contributed by atoms with van der Waals surface area (Å²) in [7, 11) is 3.83. The lowest BCUT2D eigenvalue weighted by Gasteiger charge is -2.22. The van der Waals surface area contributed by atoms with E-state index in [4.69, 9.17) is 0 Å². The van der Waals surface area contributed by atoms with Crippen LogP contribution in [0.5, 0.6) is 0 Å². The fourth-order valence-electron chi connectivity index (χ4n) is 2.72. The first-order chi connectivity index (χ1) is 12.9. The van der Waals surface area contributed by atoms with Gasteiger partial charge < -0.3 is 4.90 Å². The highest BCUT2D eigenvalue weighted by atomic mass is 35.5. The predicted octanol–water partition coefficient (Wildman–Crippen LogP) is 4.52. The van der Waals surface area contributed by atoms with Crippen LogP contribution in [-0.4, -0.2) is 43.0 Å². The second-order valence-electron chi connectivity index (χ2n) is 6.57. The molecule has 3 aromatic rings. The van der Waals surface area contributed by atoms with E-state index in [1.54, 1.807) is 4.90 Å². The topological polar surface area (TPSA) is 36.4 Å². The Labute approximate surface area is 173 Å². The van der Waals surface area contributed by atoms with E-state index in [1.165, 1.54) is 6.07 Å². The number of rotatable bonds is 7. The third-order valence-corrected chi connectivity index (χ3v) is 5.20. The Kier molecular flexibility index (Phi) is 7.86. The highest BCUT2D eigenvalue weighted by Crippen LogP contribution is 2.31. The van der Waals surface area contributed by atoms with Crippen LogP contribution in [0.3, 0.4) is 0 Å². The summed E-state index contributed by atoms with van der Waals surface area (Å²) < 4.78 is 27.9. The highest BCUT2D eigenvalue weighted by Gasteiger charge is 2.21. The van der Waals surface area contributed by atoms with Crippen molar-refractivity contribution in [2.24, 2.45) is 0 Å². The van der Waals surface area contributed by atoms with Gasteiger partial charge in [0, 0.05) is 25.6 Å². The number of likely N-dealkylation sites (N-methyl/N-ethyl adjacent to an activating group) is 1. The van der Waals surface area contributed by atoms with Gasteiger partial charge in [-0.3, -0.25) is 9.69 Å². The number of anilines is 1. The summed E-state index contributed by atoms with van der Waals surface area (Å²) in [5.74, 6) is -1.44. The van der Waals surface area contributed by atoms with E-state index in [9.17, 15) is 13.6 Å². The van der Waals surface area contributed by atoms with Crippen LogP contribution in [0, 0.1) is 11.6 Å². The van der Waals surface area contributed by atoms with Gasteiger partial charge in [-0.2, -0.15) is 0 Å². The Morgan fingerprint density at radius 1 is 1.11 bits per heavy atom. The summed E-state index contributed by atoms with van der Waals surface area (Å²) in [6, 6.07) is 11.8. The average Bonchev–Trinajstić information content (AvgIpc) is 3.04. The molecule has 28 heavy (non-hydrogen) atoms. The predicted molar refractivity (Wildman–Crippen MR) is 112 cm³/mol. The van der Waals surface area contributed by atoms with Crippen molar-refractivity contribution < 1.29 is 13.6 Å². The second kappa shape index (κ2) is 9.91. The molecule has 3 rings (SSSR count). The number of hydrogen-bond donors (Lipinski definition) is 0. The number of hydrogen-bond acceptors (Lipinski definition) is 4. The Balaban J connectivity index is 0.00000280. The van der Waals surface area contributed by atoms with Crippen molar-refractivity contribution in [2.75, 3.05) is 32.1 Å². The molecule has 0 aliphatic carbocycles. The molecule has 0 saturated carbocycles. The van der Waals surface area contributed by atoms with Crippen LogP contribution in [-0.2, 0) is 11.2 Å². The molecule has 1 aromatic heterocycles. The summed E-state index contributed by atoms with van der Waals surface area (Å²) in [5.41, 5.74) is 1.18. The van der Waals surface area contributed by atoms with Gasteiger partial charge in [0.15, 0.2) is 10.9 Å². The Morgan fingerprint density at radius 2 is 1.82 bits per heavy atom.